The van der Waals surface area contributed by atoms with E-state index in [1.807, 2.05) is 55.5 Å². The second-order valence-electron chi connectivity index (χ2n) is 5.70. The van der Waals surface area contributed by atoms with Crippen LogP contribution in [0.5, 0.6) is 11.5 Å². The summed E-state index contributed by atoms with van der Waals surface area (Å²) in [6.07, 6.45) is 0. The second kappa shape index (κ2) is 8.20. The van der Waals surface area contributed by atoms with E-state index >= 15 is 0 Å². The lowest BCUT2D eigenvalue weighted by Crippen LogP contribution is -2.28. The maximum Gasteiger partial charge on any atom is 0.273 e. The Bertz CT molecular complexity index is 872. The fourth-order valence-corrected chi connectivity index (χ4v) is 2.39. The van der Waals surface area contributed by atoms with Gasteiger partial charge < -0.3 is 19.3 Å². The summed E-state index contributed by atoms with van der Waals surface area (Å²) in [7, 11) is 1.58. The van der Waals surface area contributed by atoms with Gasteiger partial charge in [0.1, 0.15) is 6.61 Å². The summed E-state index contributed by atoms with van der Waals surface area (Å²) in [5, 5.41) is 6.58. The number of para-hydroxylation sites is 2. The standard InChI is InChI=1S/C20H20N2O4/c1-14-7-9-15(10-8-14)19-13-16(22-26-19)20(23)21-11-12-25-18-6-4-3-5-17(18)24-2/h3-10,13H,11-12H2,1-2H3,(H,21,23). The molecule has 3 rings (SSSR count). The Kier molecular flexibility index (Phi) is 5.53. The van der Waals surface area contributed by atoms with E-state index in [2.05, 4.69) is 10.5 Å². The van der Waals surface area contributed by atoms with E-state index in [1.165, 1.54) is 0 Å². The Hall–Kier alpha value is -3.28. The molecule has 0 aliphatic heterocycles. The van der Waals surface area contributed by atoms with Crippen LogP contribution in [0.3, 0.4) is 0 Å². The molecule has 1 heterocycles. The van der Waals surface area contributed by atoms with Gasteiger partial charge in [0.25, 0.3) is 5.91 Å². The van der Waals surface area contributed by atoms with Crippen LogP contribution in [0.4, 0.5) is 0 Å². The summed E-state index contributed by atoms with van der Waals surface area (Å²) in [5.41, 5.74) is 2.26. The zero-order chi connectivity index (χ0) is 18.4. The van der Waals surface area contributed by atoms with Gasteiger partial charge in [-0.15, -0.1) is 0 Å². The lowest BCUT2D eigenvalue weighted by molar-refractivity contribution is 0.0938. The molecular formula is C20H20N2O4. The minimum absolute atomic E-state index is 0.234. The summed E-state index contributed by atoms with van der Waals surface area (Å²) >= 11 is 0. The molecule has 6 nitrogen and oxygen atoms in total. The first-order valence-electron chi connectivity index (χ1n) is 8.25. The molecular weight excluding hydrogens is 332 g/mol. The number of rotatable bonds is 7. The van der Waals surface area contributed by atoms with E-state index in [0.717, 1.165) is 11.1 Å². The zero-order valence-electron chi connectivity index (χ0n) is 14.7. The van der Waals surface area contributed by atoms with Crippen molar-refractivity contribution >= 4 is 5.91 Å². The molecule has 1 aromatic heterocycles. The Balaban J connectivity index is 1.52. The number of aromatic nitrogens is 1. The van der Waals surface area contributed by atoms with Gasteiger partial charge in [0.2, 0.25) is 0 Å². The molecule has 0 aliphatic rings. The van der Waals surface area contributed by atoms with Crippen LogP contribution < -0.4 is 14.8 Å². The summed E-state index contributed by atoms with van der Waals surface area (Å²) in [5.74, 6) is 1.53. The molecule has 2 aromatic carbocycles. The van der Waals surface area contributed by atoms with E-state index in [0.29, 0.717) is 30.4 Å². The van der Waals surface area contributed by atoms with E-state index in [4.69, 9.17) is 14.0 Å². The highest BCUT2D eigenvalue weighted by molar-refractivity contribution is 5.93. The van der Waals surface area contributed by atoms with Crippen molar-refractivity contribution < 1.29 is 18.8 Å². The minimum Gasteiger partial charge on any atom is -0.493 e. The average Bonchev–Trinajstić information content (AvgIpc) is 3.16. The van der Waals surface area contributed by atoms with Crippen molar-refractivity contribution in [1.29, 1.82) is 0 Å². The van der Waals surface area contributed by atoms with Gasteiger partial charge in [0.15, 0.2) is 23.0 Å². The summed E-state index contributed by atoms with van der Waals surface area (Å²) in [6, 6.07) is 16.8. The summed E-state index contributed by atoms with van der Waals surface area (Å²) in [4.78, 5) is 12.2. The van der Waals surface area contributed by atoms with Crippen LogP contribution in [-0.2, 0) is 0 Å². The fraction of sp³-hybridized carbons (Fsp3) is 0.200. The van der Waals surface area contributed by atoms with E-state index in [1.54, 1.807) is 13.2 Å². The van der Waals surface area contributed by atoms with Crippen LogP contribution in [-0.4, -0.2) is 31.3 Å². The number of nitrogens with one attached hydrogen (secondary N) is 1. The minimum atomic E-state index is -0.310. The van der Waals surface area contributed by atoms with Crippen LogP contribution in [0.2, 0.25) is 0 Å². The molecule has 134 valence electrons. The van der Waals surface area contributed by atoms with Crippen molar-refractivity contribution in [2.24, 2.45) is 0 Å². The van der Waals surface area contributed by atoms with Crippen LogP contribution in [0.1, 0.15) is 16.1 Å². The molecule has 0 atom stereocenters. The molecule has 0 spiro atoms. The quantitative estimate of drug-likeness (QED) is 0.659. The number of benzene rings is 2. The number of amides is 1. The number of aryl methyl sites for hydroxylation is 1. The maximum atomic E-state index is 12.2. The van der Waals surface area contributed by atoms with Crippen LogP contribution in [0.25, 0.3) is 11.3 Å². The first-order valence-corrected chi connectivity index (χ1v) is 8.25. The summed E-state index contributed by atoms with van der Waals surface area (Å²) in [6.45, 7) is 2.66. The highest BCUT2D eigenvalue weighted by Gasteiger charge is 2.13. The molecule has 0 unspecified atom stereocenters. The van der Waals surface area contributed by atoms with Crippen LogP contribution in [0.15, 0.2) is 59.1 Å². The Morgan fingerprint density at radius 1 is 1.12 bits per heavy atom. The molecule has 0 saturated heterocycles. The van der Waals surface area contributed by atoms with Gasteiger partial charge in [0, 0.05) is 11.6 Å². The molecule has 0 radical (unpaired) electrons. The van der Waals surface area contributed by atoms with E-state index < -0.39 is 0 Å². The third-order valence-electron chi connectivity index (χ3n) is 3.79. The van der Waals surface area contributed by atoms with Crippen LogP contribution in [0, 0.1) is 6.92 Å². The molecule has 0 saturated carbocycles. The number of hydrogen-bond donors (Lipinski definition) is 1. The maximum absolute atomic E-state index is 12.2. The zero-order valence-corrected chi connectivity index (χ0v) is 14.7. The lowest BCUT2D eigenvalue weighted by Gasteiger charge is -2.10. The van der Waals surface area contributed by atoms with Gasteiger partial charge in [-0.2, -0.15) is 0 Å². The molecule has 1 N–H and O–H groups in total. The summed E-state index contributed by atoms with van der Waals surface area (Å²) < 4.78 is 16.1. The number of carbonyl (C=O) groups is 1. The fourth-order valence-electron chi connectivity index (χ4n) is 2.39. The number of nitrogens with zero attached hydrogens (tertiary/aromatic N) is 1. The Morgan fingerprint density at radius 3 is 2.58 bits per heavy atom. The van der Waals surface area contributed by atoms with E-state index in [-0.39, 0.29) is 11.6 Å². The lowest BCUT2D eigenvalue weighted by atomic mass is 10.1. The predicted molar refractivity (Wildman–Crippen MR) is 97.5 cm³/mol. The van der Waals surface area contributed by atoms with Gasteiger partial charge in [-0.05, 0) is 19.1 Å². The van der Waals surface area contributed by atoms with Gasteiger partial charge >= 0.3 is 0 Å². The highest BCUT2D eigenvalue weighted by Crippen LogP contribution is 2.25. The molecule has 3 aromatic rings. The van der Waals surface area contributed by atoms with Gasteiger partial charge in [-0.25, -0.2) is 0 Å². The number of methoxy groups -OCH3 is 1. The average molecular weight is 352 g/mol. The van der Waals surface area contributed by atoms with Crippen molar-refractivity contribution in [3.8, 4) is 22.8 Å². The van der Waals surface area contributed by atoms with Crippen molar-refractivity contribution in [3.05, 3.63) is 65.9 Å². The van der Waals surface area contributed by atoms with Gasteiger partial charge in [-0.1, -0.05) is 47.1 Å². The van der Waals surface area contributed by atoms with E-state index in [9.17, 15) is 4.79 Å². The molecule has 6 heteroatoms. The van der Waals surface area contributed by atoms with Crippen molar-refractivity contribution in [3.63, 3.8) is 0 Å². The third-order valence-corrected chi connectivity index (χ3v) is 3.79. The van der Waals surface area contributed by atoms with Gasteiger partial charge in [0.05, 0.1) is 13.7 Å². The van der Waals surface area contributed by atoms with Gasteiger partial charge in [-0.3, -0.25) is 4.79 Å². The Labute approximate surface area is 151 Å². The molecule has 0 aliphatic carbocycles. The first-order chi connectivity index (χ1) is 12.7. The molecule has 0 fully saturated rings. The molecule has 1 amide bonds. The smallest absolute Gasteiger partial charge is 0.273 e. The largest absolute Gasteiger partial charge is 0.493 e. The third kappa shape index (κ3) is 4.22. The highest BCUT2D eigenvalue weighted by atomic mass is 16.5. The number of ether oxygens (including phenoxy) is 2. The monoisotopic (exact) mass is 352 g/mol. The second-order valence-corrected chi connectivity index (χ2v) is 5.70. The predicted octanol–water partition coefficient (Wildman–Crippen LogP) is 3.47. The molecule has 0 bridgehead atoms. The first kappa shape index (κ1) is 17.5. The van der Waals surface area contributed by atoms with Crippen molar-refractivity contribution in [1.82, 2.24) is 10.5 Å². The Morgan fingerprint density at radius 2 is 1.85 bits per heavy atom. The van der Waals surface area contributed by atoms with Crippen molar-refractivity contribution in [2.45, 2.75) is 6.92 Å². The topological polar surface area (TPSA) is 73.6 Å². The number of hydrogen-bond acceptors (Lipinski definition) is 5. The normalized spacial score (nSPS) is 10.4. The van der Waals surface area contributed by atoms with Crippen molar-refractivity contribution in [2.75, 3.05) is 20.3 Å². The molecule has 26 heavy (non-hydrogen) atoms. The van der Waals surface area contributed by atoms with Crippen LogP contribution >= 0.6 is 0 Å². The SMILES string of the molecule is COc1ccccc1OCCNC(=O)c1cc(-c2ccc(C)cc2)on1. The number of carbonyl (C=O) groups excluding carboxylic acids is 1.